The molecule has 0 aromatic heterocycles. The van der Waals surface area contributed by atoms with Crippen molar-refractivity contribution in [2.24, 2.45) is 5.92 Å². The van der Waals surface area contributed by atoms with Gasteiger partial charge in [-0.15, -0.1) is 0 Å². The molecule has 5 heteroatoms. The molecule has 3 atom stereocenters. The molecule has 0 spiro atoms. The summed E-state index contributed by atoms with van der Waals surface area (Å²) < 4.78 is 17.5. The van der Waals surface area contributed by atoms with Gasteiger partial charge in [-0.05, 0) is 43.9 Å². The molecule has 24 heavy (non-hydrogen) atoms. The first-order chi connectivity index (χ1) is 11.7. The Bertz CT molecular complexity index is 628. The van der Waals surface area contributed by atoms with Crippen LogP contribution >= 0.6 is 0 Å². The Morgan fingerprint density at radius 1 is 1.17 bits per heavy atom. The molecule has 1 unspecified atom stereocenters. The number of nitrogens with zero attached hydrogens (tertiary/aromatic N) is 1. The minimum Gasteiger partial charge on any atom is -0.462 e. The van der Waals surface area contributed by atoms with Crippen LogP contribution in [0.25, 0.3) is 0 Å². The van der Waals surface area contributed by atoms with Crippen LogP contribution in [0.2, 0.25) is 0 Å². The van der Waals surface area contributed by atoms with Crippen LogP contribution in [0, 0.1) is 5.92 Å². The first-order valence-electron chi connectivity index (χ1n) is 9.07. The topological polar surface area (TPSA) is 44.8 Å². The normalized spacial score (nSPS) is 31.4. The molecule has 1 aromatic rings. The SMILES string of the molecule is C[N+]12CCCC[C@H]1[C@H](COC(=O)c1ccc3c(c1)OCO3)CCC2. The number of ether oxygens (including phenoxy) is 3. The highest BCUT2D eigenvalue weighted by Gasteiger charge is 2.43. The Balaban J connectivity index is 1.40. The molecule has 0 amide bonds. The third-order valence-electron chi connectivity index (χ3n) is 6.04. The van der Waals surface area contributed by atoms with Gasteiger partial charge in [-0.1, -0.05) is 0 Å². The van der Waals surface area contributed by atoms with E-state index in [1.807, 2.05) is 0 Å². The van der Waals surface area contributed by atoms with Crippen molar-refractivity contribution in [3.8, 4) is 11.5 Å². The van der Waals surface area contributed by atoms with Crippen molar-refractivity contribution in [2.45, 2.75) is 38.1 Å². The Kier molecular flexibility index (Phi) is 4.12. The van der Waals surface area contributed by atoms with Gasteiger partial charge in [0.15, 0.2) is 11.5 Å². The van der Waals surface area contributed by atoms with E-state index < -0.39 is 0 Å². The summed E-state index contributed by atoms with van der Waals surface area (Å²) in [5, 5.41) is 0. The number of rotatable bonds is 3. The van der Waals surface area contributed by atoms with Gasteiger partial charge in [0.25, 0.3) is 0 Å². The number of piperidine rings is 2. The lowest BCUT2D eigenvalue weighted by Gasteiger charge is -2.51. The Morgan fingerprint density at radius 2 is 2.00 bits per heavy atom. The summed E-state index contributed by atoms with van der Waals surface area (Å²) in [5.74, 6) is 1.54. The van der Waals surface area contributed by atoms with Crippen LogP contribution in [0.15, 0.2) is 18.2 Å². The van der Waals surface area contributed by atoms with Crippen LogP contribution in [0.1, 0.15) is 42.5 Å². The lowest BCUT2D eigenvalue weighted by Crippen LogP contribution is -2.61. The van der Waals surface area contributed by atoms with Crippen molar-refractivity contribution >= 4 is 5.97 Å². The summed E-state index contributed by atoms with van der Waals surface area (Å²) in [6.07, 6.45) is 6.32. The maximum absolute atomic E-state index is 12.4. The van der Waals surface area contributed by atoms with E-state index in [0.29, 0.717) is 35.6 Å². The van der Waals surface area contributed by atoms with E-state index in [-0.39, 0.29) is 12.8 Å². The fraction of sp³-hybridized carbons (Fsp3) is 0.632. The molecule has 3 heterocycles. The molecule has 2 saturated heterocycles. The molecular weight excluding hydrogens is 306 g/mol. The molecule has 0 radical (unpaired) electrons. The van der Waals surface area contributed by atoms with Gasteiger partial charge >= 0.3 is 5.97 Å². The predicted molar refractivity (Wildman–Crippen MR) is 89.1 cm³/mol. The molecule has 1 aromatic carbocycles. The third kappa shape index (κ3) is 2.86. The Hall–Kier alpha value is -1.75. The fourth-order valence-corrected chi connectivity index (χ4v) is 4.72. The summed E-state index contributed by atoms with van der Waals surface area (Å²) in [6.45, 7) is 3.30. The van der Waals surface area contributed by atoms with Crippen molar-refractivity contribution in [3.05, 3.63) is 23.8 Å². The predicted octanol–water partition coefficient (Wildman–Crippen LogP) is 2.98. The van der Waals surface area contributed by atoms with Gasteiger partial charge in [-0.2, -0.15) is 0 Å². The molecular formula is C19H26NO4+. The molecule has 5 nitrogen and oxygen atoms in total. The molecule has 3 aliphatic rings. The van der Waals surface area contributed by atoms with Crippen LogP contribution in [0.3, 0.4) is 0 Å². The molecule has 3 aliphatic heterocycles. The van der Waals surface area contributed by atoms with Crippen LogP contribution in [-0.2, 0) is 4.74 Å². The largest absolute Gasteiger partial charge is 0.462 e. The first-order valence-corrected chi connectivity index (χ1v) is 9.07. The molecule has 0 saturated carbocycles. The quantitative estimate of drug-likeness (QED) is 0.630. The number of hydrogen-bond acceptors (Lipinski definition) is 4. The molecule has 0 N–H and O–H groups in total. The van der Waals surface area contributed by atoms with E-state index in [2.05, 4.69) is 7.05 Å². The number of carbonyl (C=O) groups is 1. The van der Waals surface area contributed by atoms with Crippen LogP contribution in [-0.4, -0.2) is 50.0 Å². The molecule has 0 aliphatic carbocycles. The number of esters is 1. The van der Waals surface area contributed by atoms with Gasteiger partial charge in [-0.3, -0.25) is 0 Å². The second kappa shape index (κ2) is 6.28. The molecule has 0 bridgehead atoms. The molecule has 130 valence electrons. The summed E-state index contributed by atoms with van der Waals surface area (Å²) >= 11 is 0. The van der Waals surface area contributed by atoms with Crippen molar-refractivity contribution in [3.63, 3.8) is 0 Å². The molecule has 4 rings (SSSR count). The number of hydrogen-bond donors (Lipinski definition) is 0. The summed E-state index contributed by atoms with van der Waals surface area (Å²) in [7, 11) is 2.38. The van der Waals surface area contributed by atoms with Gasteiger partial charge in [0.2, 0.25) is 6.79 Å². The molecule has 2 fully saturated rings. The third-order valence-corrected chi connectivity index (χ3v) is 6.04. The second-order valence-corrected chi connectivity index (χ2v) is 7.56. The van der Waals surface area contributed by atoms with Crippen molar-refractivity contribution in [1.82, 2.24) is 0 Å². The maximum Gasteiger partial charge on any atom is 0.338 e. The summed E-state index contributed by atoms with van der Waals surface area (Å²) in [4.78, 5) is 12.4. The minimum absolute atomic E-state index is 0.216. The standard InChI is InChI=1S/C19H26NO4/c1-20-9-3-2-6-16(20)15(5-4-10-20)12-22-19(21)14-7-8-17-18(11-14)24-13-23-17/h7-8,11,15-16H,2-6,9-10,12-13H2,1H3/q+1/t15-,16-,20?/m0/s1. The van der Waals surface area contributed by atoms with Gasteiger partial charge in [-0.25, -0.2) is 4.79 Å². The lowest BCUT2D eigenvalue weighted by atomic mass is 9.82. The van der Waals surface area contributed by atoms with Gasteiger partial charge in [0.1, 0.15) is 6.61 Å². The Morgan fingerprint density at radius 3 is 2.92 bits per heavy atom. The average molecular weight is 332 g/mol. The monoisotopic (exact) mass is 332 g/mol. The summed E-state index contributed by atoms with van der Waals surface area (Å²) in [6, 6.07) is 5.88. The highest BCUT2D eigenvalue weighted by Crippen LogP contribution is 2.36. The second-order valence-electron chi connectivity index (χ2n) is 7.56. The van der Waals surface area contributed by atoms with Gasteiger partial charge < -0.3 is 18.7 Å². The van der Waals surface area contributed by atoms with Crippen LogP contribution in [0.5, 0.6) is 11.5 Å². The maximum atomic E-state index is 12.4. The highest BCUT2D eigenvalue weighted by molar-refractivity contribution is 5.90. The minimum atomic E-state index is -0.260. The average Bonchev–Trinajstić information content (AvgIpc) is 3.06. The van der Waals surface area contributed by atoms with E-state index >= 15 is 0 Å². The zero-order chi connectivity index (χ0) is 16.6. The number of carbonyl (C=O) groups excluding carboxylic acids is 1. The van der Waals surface area contributed by atoms with E-state index in [1.165, 1.54) is 49.7 Å². The summed E-state index contributed by atoms with van der Waals surface area (Å²) in [5.41, 5.74) is 0.538. The highest BCUT2D eigenvalue weighted by atomic mass is 16.7. The Labute approximate surface area is 143 Å². The fourth-order valence-electron chi connectivity index (χ4n) is 4.72. The van der Waals surface area contributed by atoms with E-state index in [4.69, 9.17) is 14.2 Å². The number of benzene rings is 1. The number of fused-ring (bicyclic) bond motifs is 2. The lowest BCUT2D eigenvalue weighted by molar-refractivity contribution is -0.947. The van der Waals surface area contributed by atoms with E-state index in [9.17, 15) is 4.79 Å². The van der Waals surface area contributed by atoms with Crippen molar-refractivity contribution in [1.29, 1.82) is 0 Å². The van der Waals surface area contributed by atoms with Gasteiger partial charge in [0.05, 0.1) is 31.7 Å². The van der Waals surface area contributed by atoms with E-state index in [0.717, 1.165) is 0 Å². The van der Waals surface area contributed by atoms with Crippen molar-refractivity contribution < 1.29 is 23.5 Å². The van der Waals surface area contributed by atoms with Crippen LogP contribution in [0.4, 0.5) is 0 Å². The zero-order valence-corrected chi connectivity index (χ0v) is 14.3. The smallest absolute Gasteiger partial charge is 0.338 e. The zero-order valence-electron chi connectivity index (χ0n) is 14.3. The van der Waals surface area contributed by atoms with E-state index in [1.54, 1.807) is 18.2 Å². The number of quaternary nitrogens is 1. The van der Waals surface area contributed by atoms with Crippen LogP contribution < -0.4 is 9.47 Å². The van der Waals surface area contributed by atoms with Crippen molar-refractivity contribution in [2.75, 3.05) is 33.5 Å². The first kappa shape index (κ1) is 15.8. The van der Waals surface area contributed by atoms with Gasteiger partial charge in [0, 0.05) is 12.3 Å².